The van der Waals surface area contributed by atoms with E-state index in [0.29, 0.717) is 33.7 Å². The molecule has 1 aliphatic carbocycles. The Labute approximate surface area is 159 Å². The fraction of sp³-hybridized carbons (Fsp3) is 0.353. The number of carboxylic acid groups (broad SMARTS) is 1. The lowest BCUT2D eigenvalue weighted by molar-refractivity contribution is -0.147. The Morgan fingerprint density at radius 2 is 1.92 bits per heavy atom. The highest BCUT2D eigenvalue weighted by molar-refractivity contribution is 7.14. The summed E-state index contributed by atoms with van der Waals surface area (Å²) in [4.78, 5) is 28.2. The Hall–Kier alpha value is -1.63. The van der Waals surface area contributed by atoms with Crippen molar-refractivity contribution >= 4 is 51.5 Å². The van der Waals surface area contributed by atoms with E-state index in [0.717, 1.165) is 18.4 Å². The predicted molar refractivity (Wildman–Crippen MR) is 99.3 cm³/mol. The minimum Gasteiger partial charge on any atom is -0.481 e. The molecule has 1 amide bonds. The number of rotatable bonds is 4. The van der Waals surface area contributed by atoms with Gasteiger partial charge in [0.15, 0.2) is 5.13 Å². The highest BCUT2D eigenvalue weighted by Gasteiger charge is 2.36. The molecule has 132 valence electrons. The molecule has 2 N–H and O–H groups in total. The lowest BCUT2D eigenvalue weighted by atomic mass is 9.79. The molecule has 2 unspecified atom stereocenters. The molecular formula is C17H16Cl2N2O3S. The van der Waals surface area contributed by atoms with Gasteiger partial charge in [-0.3, -0.25) is 9.59 Å². The number of nitrogens with one attached hydrogen (secondary N) is 1. The number of hydrogen-bond donors (Lipinski definition) is 2. The van der Waals surface area contributed by atoms with Crippen molar-refractivity contribution in [3.63, 3.8) is 0 Å². The van der Waals surface area contributed by atoms with Crippen LogP contribution in [0.1, 0.15) is 25.7 Å². The molecular weight excluding hydrogens is 383 g/mol. The van der Waals surface area contributed by atoms with Crippen LogP contribution < -0.4 is 5.32 Å². The number of carbonyl (C=O) groups is 2. The maximum absolute atomic E-state index is 12.5. The van der Waals surface area contributed by atoms with Crippen LogP contribution in [0.15, 0.2) is 23.6 Å². The number of aliphatic carboxylic acids is 1. The standard InChI is InChI=1S/C17H16Cl2N2O3S/c18-9-5-6-12(13(19)7-9)14-8-25-17(20-14)21-15(22)10-3-1-2-4-11(10)16(23)24/h5-8,10-11H,1-4H2,(H,23,24)(H,20,21,22). The van der Waals surface area contributed by atoms with E-state index in [9.17, 15) is 14.7 Å². The van der Waals surface area contributed by atoms with Crippen molar-refractivity contribution in [3.05, 3.63) is 33.6 Å². The van der Waals surface area contributed by atoms with Gasteiger partial charge in [-0.1, -0.05) is 36.0 Å². The molecule has 1 aliphatic rings. The van der Waals surface area contributed by atoms with E-state index in [1.54, 1.807) is 23.6 Å². The highest BCUT2D eigenvalue weighted by Crippen LogP contribution is 2.34. The summed E-state index contributed by atoms with van der Waals surface area (Å²) < 4.78 is 0. The lowest BCUT2D eigenvalue weighted by Crippen LogP contribution is -2.36. The molecule has 1 fully saturated rings. The number of carboxylic acids is 1. The number of thiazole rings is 1. The first-order valence-corrected chi connectivity index (χ1v) is 9.54. The molecule has 5 nitrogen and oxygen atoms in total. The first-order valence-electron chi connectivity index (χ1n) is 7.90. The normalized spacial score (nSPS) is 20.2. The number of aromatic nitrogens is 1. The minimum atomic E-state index is -0.910. The van der Waals surface area contributed by atoms with Gasteiger partial charge in [-0.05, 0) is 31.0 Å². The molecule has 1 saturated carbocycles. The second-order valence-corrected chi connectivity index (χ2v) is 7.69. The number of benzene rings is 1. The zero-order valence-corrected chi connectivity index (χ0v) is 15.5. The summed E-state index contributed by atoms with van der Waals surface area (Å²) in [6, 6.07) is 5.13. The molecule has 1 heterocycles. The minimum absolute atomic E-state index is 0.282. The molecule has 2 atom stereocenters. The van der Waals surface area contributed by atoms with E-state index in [-0.39, 0.29) is 5.91 Å². The fourth-order valence-corrected chi connectivity index (χ4v) is 4.31. The second-order valence-electron chi connectivity index (χ2n) is 5.99. The Morgan fingerprint density at radius 1 is 1.20 bits per heavy atom. The number of anilines is 1. The van der Waals surface area contributed by atoms with Crippen LogP contribution >= 0.6 is 34.5 Å². The van der Waals surface area contributed by atoms with Gasteiger partial charge >= 0.3 is 5.97 Å². The SMILES string of the molecule is O=C(O)C1CCCCC1C(=O)Nc1nc(-c2ccc(Cl)cc2Cl)cs1. The number of carbonyl (C=O) groups excluding carboxylic acids is 1. The topological polar surface area (TPSA) is 79.3 Å². The summed E-state index contributed by atoms with van der Waals surface area (Å²) in [5.41, 5.74) is 1.37. The summed E-state index contributed by atoms with van der Waals surface area (Å²) in [5.74, 6) is -2.33. The third-order valence-electron chi connectivity index (χ3n) is 4.36. The van der Waals surface area contributed by atoms with Crippen LogP contribution in [0, 0.1) is 11.8 Å². The lowest BCUT2D eigenvalue weighted by Gasteiger charge is -2.26. The zero-order valence-electron chi connectivity index (χ0n) is 13.2. The molecule has 0 spiro atoms. The molecule has 25 heavy (non-hydrogen) atoms. The fourth-order valence-electron chi connectivity index (χ4n) is 3.09. The maximum atomic E-state index is 12.5. The molecule has 8 heteroatoms. The Balaban J connectivity index is 1.74. The van der Waals surface area contributed by atoms with E-state index >= 15 is 0 Å². The van der Waals surface area contributed by atoms with Crippen LogP contribution in [0.25, 0.3) is 11.3 Å². The summed E-state index contributed by atoms with van der Waals surface area (Å²) in [5, 5.41) is 15.3. The quantitative estimate of drug-likeness (QED) is 0.763. The zero-order chi connectivity index (χ0) is 18.0. The Morgan fingerprint density at radius 3 is 2.60 bits per heavy atom. The van der Waals surface area contributed by atoms with Crippen LogP contribution in [0.2, 0.25) is 10.0 Å². The van der Waals surface area contributed by atoms with Gasteiger partial charge in [0.25, 0.3) is 0 Å². The van der Waals surface area contributed by atoms with Gasteiger partial charge in [0.05, 0.1) is 22.6 Å². The molecule has 1 aromatic carbocycles. The van der Waals surface area contributed by atoms with Gasteiger partial charge in [0, 0.05) is 16.0 Å². The Kier molecular flexibility index (Phi) is 5.61. The maximum Gasteiger partial charge on any atom is 0.307 e. The van der Waals surface area contributed by atoms with Gasteiger partial charge in [0.2, 0.25) is 5.91 Å². The number of nitrogens with zero attached hydrogens (tertiary/aromatic N) is 1. The van der Waals surface area contributed by atoms with Crippen LogP contribution in [0.5, 0.6) is 0 Å². The Bertz CT molecular complexity index is 809. The van der Waals surface area contributed by atoms with Crippen LogP contribution in [-0.4, -0.2) is 22.0 Å². The van der Waals surface area contributed by atoms with Crippen molar-refractivity contribution < 1.29 is 14.7 Å². The van der Waals surface area contributed by atoms with Gasteiger partial charge < -0.3 is 10.4 Å². The van der Waals surface area contributed by atoms with Gasteiger partial charge in [0.1, 0.15) is 0 Å². The predicted octanol–water partition coefficient (Wildman–Crippen LogP) is 4.95. The average molecular weight is 399 g/mol. The molecule has 0 radical (unpaired) electrons. The van der Waals surface area contributed by atoms with Crippen molar-refractivity contribution in [2.24, 2.45) is 11.8 Å². The van der Waals surface area contributed by atoms with E-state index in [1.807, 2.05) is 0 Å². The van der Waals surface area contributed by atoms with Gasteiger partial charge in [-0.15, -0.1) is 11.3 Å². The van der Waals surface area contributed by atoms with Crippen molar-refractivity contribution in [3.8, 4) is 11.3 Å². The molecule has 1 aromatic heterocycles. The number of hydrogen-bond acceptors (Lipinski definition) is 4. The van der Waals surface area contributed by atoms with Crippen molar-refractivity contribution in [2.45, 2.75) is 25.7 Å². The van der Waals surface area contributed by atoms with Crippen LogP contribution in [-0.2, 0) is 9.59 Å². The average Bonchev–Trinajstić information content (AvgIpc) is 3.02. The smallest absolute Gasteiger partial charge is 0.307 e. The molecule has 0 bridgehead atoms. The van der Waals surface area contributed by atoms with Crippen molar-refractivity contribution in [1.29, 1.82) is 0 Å². The third-order valence-corrected chi connectivity index (χ3v) is 5.67. The molecule has 2 aromatic rings. The van der Waals surface area contributed by atoms with Crippen molar-refractivity contribution in [2.75, 3.05) is 5.32 Å². The first kappa shape index (κ1) is 18.2. The van der Waals surface area contributed by atoms with Crippen LogP contribution in [0.3, 0.4) is 0 Å². The van der Waals surface area contributed by atoms with E-state index in [4.69, 9.17) is 23.2 Å². The second kappa shape index (κ2) is 7.72. The van der Waals surface area contributed by atoms with Crippen LogP contribution in [0.4, 0.5) is 5.13 Å². The monoisotopic (exact) mass is 398 g/mol. The molecule has 3 rings (SSSR count). The largest absolute Gasteiger partial charge is 0.481 e. The molecule has 0 aliphatic heterocycles. The van der Waals surface area contributed by atoms with Gasteiger partial charge in [-0.25, -0.2) is 4.98 Å². The highest BCUT2D eigenvalue weighted by atomic mass is 35.5. The summed E-state index contributed by atoms with van der Waals surface area (Å²) in [6.45, 7) is 0. The molecule has 0 saturated heterocycles. The number of amides is 1. The van der Waals surface area contributed by atoms with E-state index in [2.05, 4.69) is 10.3 Å². The number of halogens is 2. The summed E-state index contributed by atoms with van der Waals surface area (Å²) in [6.07, 6.45) is 2.84. The van der Waals surface area contributed by atoms with Gasteiger partial charge in [-0.2, -0.15) is 0 Å². The van der Waals surface area contributed by atoms with E-state index < -0.39 is 17.8 Å². The van der Waals surface area contributed by atoms with Crippen molar-refractivity contribution in [1.82, 2.24) is 4.98 Å². The first-order chi connectivity index (χ1) is 12.0. The third kappa shape index (κ3) is 4.14. The summed E-state index contributed by atoms with van der Waals surface area (Å²) >= 11 is 13.4. The van der Waals surface area contributed by atoms with E-state index in [1.165, 1.54) is 11.3 Å². The summed E-state index contributed by atoms with van der Waals surface area (Å²) in [7, 11) is 0.